The van der Waals surface area contributed by atoms with Crippen LogP contribution >= 0.6 is 0 Å². The molecule has 0 spiro atoms. The minimum Gasteiger partial charge on any atom is -0.493 e. The van der Waals surface area contributed by atoms with E-state index in [1.165, 1.54) is 6.92 Å². The Morgan fingerprint density at radius 2 is 1.84 bits per heavy atom. The minimum atomic E-state index is -0.657. The summed E-state index contributed by atoms with van der Waals surface area (Å²) in [6.07, 6.45) is 3.28. The number of amides is 2. The molecule has 1 aliphatic heterocycles. The van der Waals surface area contributed by atoms with Gasteiger partial charge in [-0.05, 0) is 49.1 Å². The van der Waals surface area contributed by atoms with Crippen molar-refractivity contribution >= 4 is 17.5 Å². The number of benzene rings is 2. The first kappa shape index (κ1) is 22.7. The van der Waals surface area contributed by atoms with Crippen LogP contribution in [0, 0.1) is 13.8 Å². The molecule has 1 atom stereocenters. The van der Waals surface area contributed by atoms with Crippen molar-refractivity contribution in [3.05, 3.63) is 52.6 Å². The summed E-state index contributed by atoms with van der Waals surface area (Å²) in [7, 11) is 1.62. The number of carbonyl (C=O) groups excluding carboxylic acids is 2. The summed E-state index contributed by atoms with van der Waals surface area (Å²) in [5.74, 6) is 1.01. The van der Waals surface area contributed by atoms with Crippen LogP contribution in [0.15, 0.2) is 30.3 Å². The predicted molar refractivity (Wildman–Crippen MR) is 122 cm³/mol. The third-order valence-corrected chi connectivity index (χ3v) is 5.63. The molecule has 2 aromatic rings. The zero-order valence-electron chi connectivity index (χ0n) is 19.1. The normalized spacial score (nSPS) is 15.1. The van der Waals surface area contributed by atoms with Crippen LogP contribution in [0.1, 0.15) is 61.4 Å². The van der Waals surface area contributed by atoms with Crippen LogP contribution in [0.5, 0.6) is 11.5 Å². The number of anilines is 1. The van der Waals surface area contributed by atoms with Crippen LogP contribution in [0.25, 0.3) is 0 Å². The third-order valence-electron chi connectivity index (χ3n) is 5.63. The van der Waals surface area contributed by atoms with Crippen molar-refractivity contribution in [1.82, 2.24) is 5.32 Å². The number of ether oxygens (including phenoxy) is 2. The van der Waals surface area contributed by atoms with Gasteiger partial charge < -0.3 is 19.7 Å². The molecule has 0 aromatic heterocycles. The molecule has 3 rings (SSSR count). The van der Waals surface area contributed by atoms with E-state index in [2.05, 4.69) is 12.2 Å². The monoisotopic (exact) mass is 424 g/mol. The lowest BCUT2D eigenvalue weighted by molar-refractivity contribution is -0.126. The second-order valence-corrected chi connectivity index (χ2v) is 8.06. The fourth-order valence-corrected chi connectivity index (χ4v) is 4.07. The molecule has 0 bridgehead atoms. The second kappa shape index (κ2) is 9.86. The number of nitrogens with zero attached hydrogens (tertiary/aromatic N) is 1. The van der Waals surface area contributed by atoms with Gasteiger partial charge in [0.2, 0.25) is 5.91 Å². The molecule has 166 valence electrons. The Bertz CT molecular complexity index is 970. The molecular weight excluding hydrogens is 392 g/mol. The van der Waals surface area contributed by atoms with Crippen LogP contribution < -0.4 is 19.7 Å². The van der Waals surface area contributed by atoms with Crippen molar-refractivity contribution in [2.24, 2.45) is 0 Å². The van der Waals surface area contributed by atoms with Gasteiger partial charge in [0.05, 0.1) is 25.9 Å². The number of hydrogen-bond acceptors (Lipinski definition) is 4. The highest BCUT2D eigenvalue weighted by Gasteiger charge is 2.40. The van der Waals surface area contributed by atoms with Gasteiger partial charge >= 0.3 is 0 Å². The van der Waals surface area contributed by atoms with E-state index in [-0.39, 0.29) is 11.8 Å². The van der Waals surface area contributed by atoms with Gasteiger partial charge in [-0.15, -0.1) is 0 Å². The zero-order chi connectivity index (χ0) is 22.5. The van der Waals surface area contributed by atoms with Crippen molar-refractivity contribution in [2.45, 2.75) is 59.5 Å². The fraction of sp³-hybridized carbons (Fsp3) is 0.440. The molecule has 2 amide bonds. The molecule has 0 saturated heterocycles. The predicted octanol–water partition coefficient (Wildman–Crippen LogP) is 4.61. The molecule has 2 aromatic carbocycles. The lowest BCUT2D eigenvalue weighted by Crippen LogP contribution is -2.36. The second-order valence-electron chi connectivity index (χ2n) is 8.06. The molecule has 0 unspecified atom stereocenters. The molecule has 0 radical (unpaired) electrons. The Hall–Kier alpha value is -3.02. The van der Waals surface area contributed by atoms with Crippen LogP contribution in [0.2, 0.25) is 0 Å². The fourth-order valence-electron chi connectivity index (χ4n) is 4.07. The van der Waals surface area contributed by atoms with E-state index >= 15 is 0 Å². The number of aryl methyl sites for hydroxylation is 2. The van der Waals surface area contributed by atoms with E-state index < -0.39 is 6.04 Å². The van der Waals surface area contributed by atoms with E-state index in [0.717, 1.165) is 47.2 Å². The highest BCUT2D eigenvalue weighted by atomic mass is 16.5. The molecule has 6 nitrogen and oxygen atoms in total. The topological polar surface area (TPSA) is 67.9 Å². The van der Waals surface area contributed by atoms with Crippen LogP contribution in [-0.4, -0.2) is 25.5 Å². The largest absolute Gasteiger partial charge is 0.493 e. The van der Waals surface area contributed by atoms with Crippen LogP contribution in [0.3, 0.4) is 0 Å². The number of fused-ring (bicyclic) bond motifs is 1. The lowest BCUT2D eigenvalue weighted by Gasteiger charge is -2.21. The summed E-state index contributed by atoms with van der Waals surface area (Å²) in [6.45, 7) is 8.59. The first-order valence-electron chi connectivity index (χ1n) is 10.9. The molecule has 0 aliphatic carbocycles. The maximum absolute atomic E-state index is 13.3. The lowest BCUT2D eigenvalue weighted by atomic mass is 9.99. The summed E-state index contributed by atoms with van der Waals surface area (Å²) in [6, 6.07) is 9.12. The molecule has 0 fully saturated rings. The first-order chi connectivity index (χ1) is 14.9. The van der Waals surface area contributed by atoms with Gasteiger partial charge in [-0.3, -0.25) is 9.59 Å². The number of rotatable bonds is 9. The first-order valence-corrected chi connectivity index (χ1v) is 10.9. The number of methoxy groups -OCH3 is 1. The number of nitrogens with one attached hydrogen (secondary N) is 1. The third kappa shape index (κ3) is 4.84. The van der Waals surface area contributed by atoms with Crippen LogP contribution in [-0.2, 0) is 16.1 Å². The maximum atomic E-state index is 13.3. The standard InChI is InChI=1S/C25H32N2O4/c1-6-7-8-13-31-20-12-11-19(14-21(20)30-5)15-27-24-17(3)10-9-16(2)22(24)23(25(27)29)26-18(4)28/h9-12,14,23H,6-8,13,15H2,1-5H3,(H,26,28)/t23-/m1/s1. The minimum absolute atomic E-state index is 0.124. The number of carbonyl (C=O) groups is 2. The number of unbranched alkanes of at least 4 members (excludes halogenated alkanes) is 2. The van der Waals surface area contributed by atoms with Gasteiger partial charge in [0, 0.05) is 12.5 Å². The SMILES string of the molecule is CCCCCOc1ccc(CN2C(=O)[C@H](NC(C)=O)c3c(C)ccc(C)c32)cc1OC. The molecule has 1 heterocycles. The molecule has 1 aliphatic rings. The zero-order valence-corrected chi connectivity index (χ0v) is 19.1. The van der Waals surface area contributed by atoms with E-state index in [9.17, 15) is 9.59 Å². The molecule has 6 heteroatoms. The average molecular weight is 425 g/mol. The molecule has 0 saturated carbocycles. The Labute approximate surface area is 184 Å². The summed E-state index contributed by atoms with van der Waals surface area (Å²) in [4.78, 5) is 26.8. The Balaban J connectivity index is 1.88. The molecule has 31 heavy (non-hydrogen) atoms. The van der Waals surface area contributed by atoms with Gasteiger partial charge in [-0.2, -0.15) is 0 Å². The summed E-state index contributed by atoms with van der Waals surface area (Å²) >= 11 is 0. The van der Waals surface area contributed by atoms with E-state index in [1.807, 2.05) is 44.2 Å². The summed E-state index contributed by atoms with van der Waals surface area (Å²) in [5, 5.41) is 2.82. The summed E-state index contributed by atoms with van der Waals surface area (Å²) < 4.78 is 11.4. The Morgan fingerprint density at radius 1 is 1.10 bits per heavy atom. The van der Waals surface area contributed by atoms with Gasteiger partial charge in [-0.1, -0.05) is 38.0 Å². The van der Waals surface area contributed by atoms with E-state index in [0.29, 0.717) is 24.7 Å². The quantitative estimate of drug-likeness (QED) is 0.597. The van der Waals surface area contributed by atoms with Crippen molar-refractivity contribution in [1.29, 1.82) is 0 Å². The van der Waals surface area contributed by atoms with E-state index in [4.69, 9.17) is 9.47 Å². The van der Waals surface area contributed by atoms with Crippen molar-refractivity contribution in [3.63, 3.8) is 0 Å². The Morgan fingerprint density at radius 3 is 2.52 bits per heavy atom. The molecule has 1 N–H and O–H groups in total. The van der Waals surface area contributed by atoms with Crippen molar-refractivity contribution in [3.8, 4) is 11.5 Å². The van der Waals surface area contributed by atoms with Gasteiger partial charge in [0.15, 0.2) is 11.5 Å². The average Bonchev–Trinajstić information content (AvgIpc) is 3.01. The number of hydrogen-bond donors (Lipinski definition) is 1. The van der Waals surface area contributed by atoms with Gasteiger partial charge in [-0.25, -0.2) is 0 Å². The highest BCUT2D eigenvalue weighted by Crippen LogP contribution is 2.42. The Kier molecular flexibility index (Phi) is 7.21. The van der Waals surface area contributed by atoms with Crippen LogP contribution in [0.4, 0.5) is 5.69 Å². The summed E-state index contributed by atoms with van der Waals surface area (Å²) in [5.41, 5.74) is 4.68. The van der Waals surface area contributed by atoms with Gasteiger partial charge in [0.1, 0.15) is 6.04 Å². The highest BCUT2D eigenvalue weighted by molar-refractivity contribution is 6.07. The van der Waals surface area contributed by atoms with Gasteiger partial charge in [0.25, 0.3) is 5.91 Å². The van der Waals surface area contributed by atoms with E-state index in [1.54, 1.807) is 12.0 Å². The van der Waals surface area contributed by atoms with Crippen molar-refractivity contribution in [2.75, 3.05) is 18.6 Å². The molecular formula is C25H32N2O4. The van der Waals surface area contributed by atoms with Crippen molar-refractivity contribution < 1.29 is 19.1 Å². The maximum Gasteiger partial charge on any atom is 0.254 e. The smallest absolute Gasteiger partial charge is 0.254 e.